The van der Waals surface area contributed by atoms with Gasteiger partial charge in [0, 0.05) is 24.5 Å². The summed E-state index contributed by atoms with van der Waals surface area (Å²) in [6.07, 6.45) is 3.40. The molecule has 0 spiro atoms. The van der Waals surface area contributed by atoms with Gasteiger partial charge in [-0.05, 0) is 73.9 Å². The number of unbranched alkanes of at least 4 members (excludes halogenated alkanes) is 1. The Labute approximate surface area is 188 Å². The highest BCUT2D eigenvalue weighted by Crippen LogP contribution is 2.24. The zero-order valence-corrected chi connectivity index (χ0v) is 19.2. The van der Waals surface area contributed by atoms with Gasteiger partial charge in [0.25, 0.3) is 15.9 Å². The summed E-state index contributed by atoms with van der Waals surface area (Å²) in [5, 5.41) is 2.84. The van der Waals surface area contributed by atoms with Crippen LogP contribution >= 0.6 is 0 Å². The number of sulfonamides is 1. The molecule has 1 aromatic heterocycles. The van der Waals surface area contributed by atoms with Crippen LogP contribution in [0.4, 0.5) is 5.69 Å². The highest BCUT2D eigenvalue weighted by Gasteiger charge is 2.15. The first-order valence-electron chi connectivity index (χ1n) is 10.4. The van der Waals surface area contributed by atoms with Crippen molar-refractivity contribution in [1.29, 1.82) is 0 Å². The van der Waals surface area contributed by atoms with Crippen molar-refractivity contribution in [3.8, 4) is 11.6 Å². The number of pyridine rings is 1. The van der Waals surface area contributed by atoms with E-state index in [0.29, 0.717) is 29.4 Å². The maximum absolute atomic E-state index is 12.6. The van der Waals surface area contributed by atoms with E-state index < -0.39 is 10.0 Å². The average molecular weight is 454 g/mol. The van der Waals surface area contributed by atoms with E-state index >= 15 is 0 Å². The first-order chi connectivity index (χ1) is 15.3. The summed E-state index contributed by atoms with van der Waals surface area (Å²) in [6, 6.07) is 14.8. The second kappa shape index (κ2) is 10.3. The molecule has 32 heavy (non-hydrogen) atoms. The minimum atomic E-state index is -3.69. The smallest absolute Gasteiger partial charge is 0.261 e. The van der Waals surface area contributed by atoms with Gasteiger partial charge in [-0.15, -0.1) is 0 Å². The van der Waals surface area contributed by atoms with E-state index in [4.69, 9.17) is 4.74 Å². The van der Waals surface area contributed by atoms with Crippen molar-refractivity contribution in [3.05, 3.63) is 77.5 Å². The summed E-state index contributed by atoms with van der Waals surface area (Å²) in [7, 11) is -3.69. The third kappa shape index (κ3) is 6.07. The highest BCUT2D eigenvalue weighted by molar-refractivity contribution is 7.92. The van der Waals surface area contributed by atoms with Gasteiger partial charge in [0.15, 0.2) is 0 Å². The quantitative estimate of drug-likeness (QED) is 0.453. The molecule has 2 N–H and O–H groups in total. The Bertz CT molecular complexity index is 1170. The number of benzene rings is 2. The molecule has 0 unspecified atom stereocenters. The number of anilines is 1. The monoisotopic (exact) mass is 453 g/mol. The predicted molar refractivity (Wildman–Crippen MR) is 125 cm³/mol. The van der Waals surface area contributed by atoms with E-state index in [1.54, 1.807) is 54.6 Å². The number of hydrogen-bond acceptors (Lipinski definition) is 5. The van der Waals surface area contributed by atoms with Crippen molar-refractivity contribution in [2.24, 2.45) is 0 Å². The summed E-state index contributed by atoms with van der Waals surface area (Å²) in [6.45, 7) is 6.50. The first kappa shape index (κ1) is 23.3. The van der Waals surface area contributed by atoms with Gasteiger partial charge in [0.1, 0.15) is 5.75 Å². The van der Waals surface area contributed by atoms with Gasteiger partial charge in [-0.2, -0.15) is 0 Å². The van der Waals surface area contributed by atoms with E-state index in [9.17, 15) is 13.2 Å². The Morgan fingerprint density at radius 2 is 1.75 bits per heavy atom. The first-order valence-corrected chi connectivity index (χ1v) is 11.9. The van der Waals surface area contributed by atoms with Gasteiger partial charge in [-0.3, -0.25) is 9.52 Å². The summed E-state index contributed by atoms with van der Waals surface area (Å²) < 4.78 is 33.5. The number of ether oxygens (including phenoxy) is 1. The lowest BCUT2D eigenvalue weighted by atomic mass is 10.1. The van der Waals surface area contributed by atoms with Crippen molar-refractivity contribution in [2.75, 3.05) is 11.3 Å². The Morgan fingerprint density at radius 3 is 2.38 bits per heavy atom. The number of carbonyl (C=O) groups is 1. The fourth-order valence-electron chi connectivity index (χ4n) is 2.86. The lowest BCUT2D eigenvalue weighted by Gasteiger charge is -2.11. The molecule has 0 fully saturated rings. The van der Waals surface area contributed by atoms with Gasteiger partial charge in [0.05, 0.1) is 10.5 Å². The normalized spacial score (nSPS) is 11.1. The van der Waals surface area contributed by atoms with Crippen LogP contribution < -0.4 is 14.8 Å². The minimum absolute atomic E-state index is 0.169. The van der Waals surface area contributed by atoms with Crippen LogP contribution in [0, 0.1) is 13.8 Å². The van der Waals surface area contributed by atoms with Crippen molar-refractivity contribution in [3.63, 3.8) is 0 Å². The lowest BCUT2D eigenvalue weighted by Crippen LogP contribution is -2.24. The standard InChI is InChI=1S/C24H27N3O4S/c1-4-5-14-25-24(28)19-7-13-23(26-16-19)31-21-10-8-20(9-11-21)27-32(29,30)22-12-6-17(2)18(3)15-22/h6-13,15-16,27H,4-5,14H2,1-3H3,(H,25,28). The predicted octanol–water partition coefficient (Wildman–Crippen LogP) is 4.82. The summed E-state index contributed by atoms with van der Waals surface area (Å²) >= 11 is 0. The van der Waals surface area contributed by atoms with Gasteiger partial charge in [-0.25, -0.2) is 13.4 Å². The van der Waals surface area contributed by atoms with Gasteiger partial charge < -0.3 is 10.1 Å². The van der Waals surface area contributed by atoms with Crippen molar-refractivity contribution in [1.82, 2.24) is 10.3 Å². The summed E-state index contributed by atoms with van der Waals surface area (Å²) in [5.41, 5.74) is 2.82. The molecule has 0 aliphatic carbocycles. The maximum atomic E-state index is 12.6. The number of aromatic nitrogens is 1. The zero-order chi connectivity index (χ0) is 23.1. The van der Waals surface area contributed by atoms with E-state index in [0.717, 1.165) is 24.0 Å². The molecule has 0 aliphatic rings. The van der Waals surface area contributed by atoms with Gasteiger partial charge >= 0.3 is 0 Å². The topological polar surface area (TPSA) is 97.4 Å². The molecule has 0 atom stereocenters. The number of carbonyl (C=O) groups excluding carboxylic acids is 1. The van der Waals surface area contributed by atoms with Crippen LogP contribution in [0.5, 0.6) is 11.6 Å². The molecule has 3 rings (SSSR count). The van der Waals surface area contributed by atoms with Crippen LogP contribution in [0.2, 0.25) is 0 Å². The molecule has 2 aromatic carbocycles. The molecular formula is C24H27N3O4S. The molecule has 0 aliphatic heterocycles. The van der Waals surface area contributed by atoms with Crippen LogP contribution in [-0.4, -0.2) is 25.9 Å². The van der Waals surface area contributed by atoms with Crippen LogP contribution in [0.3, 0.4) is 0 Å². The summed E-state index contributed by atoms with van der Waals surface area (Å²) in [4.78, 5) is 16.4. The van der Waals surface area contributed by atoms with Crippen LogP contribution in [0.15, 0.2) is 65.7 Å². The second-order valence-corrected chi connectivity index (χ2v) is 9.15. The third-order valence-electron chi connectivity index (χ3n) is 4.93. The van der Waals surface area contributed by atoms with Crippen LogP contribution in [-0.2, 0) is 10.0 Å². The molecule has 3 aromatic rings. The Hall–Kier alpha value is -3.39. The van der Waals surface area contributed by atoms with E-state index in [1.807, 2.05) is 13.8 Å². The fraction of sp³-hybridized carbons (Fsp3) is 0.250. The van der Waals surface area contributed by atoms with Crippen molar-refractivity contribution < 1.29 is 17.9 Å². The second-order valence-electron chi connectivity index (χ2n) is 7.47. The van der Waals surface area contributed by atoms with Crippen molar-refractivity contribution >= 4 is 21.6 Å². The number of nitrogens with zero attached hydrogens (tertiary/aromatic N) is 1. The molecule has 8 heteroatoms. The zero-order valence-electron chi connectivity index (χ0n) is 18.4. The maximum Gasteiger partial charge on any atom is 0.261 e. The van der Waals surface area contributed by atoms with E-state index in [1.165, 1.54) is 6.20 Å². The minimum Gasteiger partial charge on any atom is -0.439 e. The number of amides is 1. The molecule has 168 valence electrons. The van der Waals surface area contributed by atoms with Gasteiger partial charge in [-0.1, -0.05) is 19.4 Å². The molecule has 0 saturated heterocycles. The lowest BCUT2D eigenvalue weighted by molar-refractivity contribution is 0.0952. The fourth-order valence-corrected chi connectivity index (χ4v) is 4.01. The molecule has 7 nitrogen and oxygen atoms in total. The molecule has 0 bridgehead atoms. The third-order valence-corrected chi connectivity index (χ3v) is 6.31. The number of aryl methyl sites for hydroxylation is 2. The van der Waals surface area contributed by atoms with Crippen LogP contribution in [0.25, 0.3) is 0 Å². The Balaban J connectivity index is 1.62. The molecular weight excluding hydrogens is 426 g/mol. The van der Waals surface area contributed by atoms with E-state index in [2.05, 4.69) is 21.9 Å². The highest BCUT2D eigenvalue weighted by atomic mass is 32.2. The Kier molecular flexibility index (Phi) is 7.48. The number of nitrogens with one attached hydrogen (secondary N) is 2. The Morgan fingerprint density at radius 1 is 1.00 bits per heavy atom. The molecule has 0 radical (unpaired) electrons. The van der Waals surface area contributed by atoms with Crippen molar-refractivity contribution in [2.45, 2.75) is 38.5 Å². The number of rotatable bonds is 9. The summed E-state index contributed by atoms with van der Waals surface area (Å²) in [5.74, 6) is 0.656. The molecule has 0 saturated carbocycles. The largest absolute Gasteiger partial charge is 0.439 e. The number of hydrogen-bond donors (Lipinski definition) is 2. The molecule has 1 heterocycles. The SMILES string of the molecule is CCCCNC(=O)c1ccc(Oc2ccc(NS(=O)(=O)c3ccc(C)c(C)c3)cc2)nc1. The van der Waals surface area contributed by atoms with Gasteiger partial charge in [0.2, 0.25) is 5.88 Å². The van der Waals surface area contributed by atoms with E-state index in [-0.39, 0.29) is 10.8 Å². The average Bonchev–Trinajstić information content (AvgIpc) is 2.77. The van der Waals surface area contributed by atoms with Crippen LogP contribution in [0.1, 0.15) is 41.3 Å². The molecule has 1 amide bonds.